The number of nitriles is 2. The largest absolute Gasteiger partial charge is 0.272 e. The minimum atomic E-state index is -0.716. The molecular weight excluding hydrogens is 152 g/mol. The third kappa shape index (κ3) is 1.28. The SMILES string of the molecule is CCc1[nH]cc[n+]1C(C#N)C#N. The average Bonchev–Trinajstić information content (AvgIpc) is 2.55. The smallest absolute Gasteiger partial charge is 0.248 e. The molecule has 4 nitrogen and oxygen atoms in total. The second-order valence-electron chi connectivity index (χ2n) is 2.33. The zero-order valence-corrected chi connectivity index (χ0v) is 6.78. The maximum absolute atomic E-state index is 8.61. The van der Waals surface area contributed by atoms with Gasteiger partial charge in [0.1, 0.15) is 24.5 Å². The fraction of sp³-hybridized carbons (Fsp3) is 0.375. The number of rotatable bonds is 2. The standard InChI is InChI=1S/C8H8N4/c1-2-8-11-3-4-12(8)7(5-9)6-10/h3-4,7H,2H2,1H3/p+1. The summed E-state index contributed by atoms with van der Waals surface area (Å²) in [6.07, 6.45) is 4.21. The first-order valence-electron chi connectivity index (χ1n) is 3.70. The zero-order valence-electron chi connectivity index (χ0n) is 6.78. The highest BCUT2D eigenvalue weighted by molar-refractivity contribution is 4.97. The molecule has 0 aromatic carbocycles. The minimum Gasteiger partial charge on any atom is -0.248 e. The molecule has 0 unspecified atom stereocenters. The van der Waals surface area contributed by atoms with Crippen molar-refractivity contribution >= 4 is 0 Å². The van der Waals surface area contributed by atoms with E-state index < -0.39 is 6.04 Å². The topological polar surface area (TPSA) is 67.2 Å². The van der Waals surface area contributed by atoms with Gasteiger partial charge in [0.05, 0.1) is 0 Å². The van der Waals surface area contributed by atoms with Crippen LogP contribution in [0.5, 0.6) is 0 Å². The first-order valence-corrected chi connectivity index (χ1v) is 3.70. The van der Waals surface area contributed by atoms with Gasteiger partial charge in [-0.25, -0.2) is 9.55 Å². The van der Waals surface area contributed by atoms with E-state index in [1.165, 1.54) is 0 Å². The molecule has 1 aromatic heterocycles. The number of nitrogens with one attached hydrogen (secondary N) is 1. The van der Waals surface area contributed by atoms with Crippen molar-refractivity contribution in [3.63, 3.8) is 0 Å². The van der Waals surface area contributed by atoms with Crippen LogP contribution in [0.1, 0.15) is 18.8 Å². The van der Waals surface area contributed by atoms with Crippen molar-refractivity contribution in [1.29, 1.82) is 10.5 Å². The summed E-state index contributed by atoms with van der Waals surface area (Å²) in [4.78, 5) is 2.97. The quantitative estimate of drug-likeness (QED) is 0.640. The Kier molecular flexibility index (Phi) is 2.45. The number of aromatic amines is 1. The van der Waals surface area contributed by atoms with Crippen LogP contribution in [0.25, 0.3) is 0 Å². The molecule has 60 valence electrons. The summed E-state index contributed by atoms with van der Waals surface area (Å²) in [5, 5.41) is 17.2. The Morgan fingerprint density at radius 1 is 1.58 bits per heavy atom. The number of aryl methyl sites for hydroxylation is 1. The summed E-state index contributed by atoms with van der Waals surface area (Å²) < 4.78 is 1.64. The molecule has 1 aromatic rings. The maximum atomic E-state index is 8.61. The molecule has 0 amide bonds. The molecule has 1 heterocycles. The lowest BCUT2D eigenvalue weighted by Crippen LogP contribution is -2.39. The fourth-order valence-corrected chi connectivity index (χ4v) is 1.06. The fourth-order valence-electron chi connectivity index (χ4n) is 1.06. The Morgan fingerprint density at radius 3 is 2.75 bits per heavy atom. The zero-order chi connectivity index (χ0) is 8.97. The summed E-state index contributed by atoms with van der Waals surface area (Å²) >= 11 is 0. The van der Waals surface area contributed by atoms with Crippen LogP contribution >= 0.6 is 0 Å². The molecule has 0 spiro atoms. The normalized spacial score (nSPS) is 9.33. The van der Waals surface area contributed by atoms with Crippen LogP contribution in [-0.4, -0.2) is 4.98 Å². The van der Waals surface area contributed by atoms with E-state index in [9.17, 15) is 0 Å². The third-order valence-electron chi connectivity index (χ3n) is 1.65. The second kappa shape index (κ2) is 3.54. The van der Waals surface area contributed by atoms with Crippen LogP contribution in [0.2, 0.25) is 0 Å². The van der Waals surface area contributed by atoms with Gasteiger partial charge in [-0.3, -0.25) is 0 Å². The molecule has 1 rings (SSSR count). The Balaban J connectivity index is 3.03. The first kappa shape index (κ1) is 8.29. The van der Waals surface area contributed by atoms with Crippen molar-refractivity contribution in [2.45, 2.75) is 19.4 Å². The van der Waals surface area contributed by atoms with Crippen LogP contribution in [0.15, 0.2) is 12.4 Å². The highest BCUT2D eigenvalue weighted by Crippen LogP contribution is 1.95. The van der Waals surface area contributed by atoms with Crippen LogP contribution in [-0.2, 0) is 6.42 Å². The average molecular weight is 161 g/mol. The van der Waals surface area contributed by atoms with Gasteiger partial charge in [-0.2, -0.15) is 10.5 Å². The molecule has 0 aliphatic heterocycles. The van der Waals surface area contributed by atoms with Gasteiger partial charge in [-0.05, 0) is 0 Å². The Hall–Kier alpha value is -1.81. The molecule has 0 saturated heterocycles. The molecular formula is C8H9N4+. The Bertz CT molecular complexity index is 325. The summed E-state index contributed by atoms with van der Waals surface area (Å²) in [6, 6.07) is 3.10. The number of H-pyrrole nitrogens is 1. The second-order valence-corrected chi connectivity index (χ2v) is 2.33. The molecule has 0 saturated carbocycles. The van der Waals surface area contributed by atoms with Gasteiger partial charge in [0, 0.05) is 6.42 Å². The third-order valence-corrected chi connectivity index (χ3v) is 1.65. The van der Waals surface area contributed by atoms with Gasteiger partial charge in [0.2, 0.25) is 0 Å². The van der Waals surface area contributed by atoms with Crippen molar-refractivity contribution in [3.8, 4) is 12.1 Å². The summed E-state index contributed by atoms with van der Waals surface area (Å²) in [7, 11) is 0. The van der Waals surface area contributed by atoms with E-state index in [0.29, 0.717) is 0 Å². The summed E-state index contributed by atoms with van der Waals surface area (Å²) in [5.74, 6) is 0.892. The van der Waals surface area contributed by atoms with Gasteiger partial charge in [-0.1, -0.05) is 6.92 Å². The molecule has 0 atom stereocenters. The van der Waals surface area contributed by atoms with Crippen molar-refractivity contribution in [3.05, 3.63) is 18.2 Å². The summed E-state index contributed by atoms with van der Waals surface area (Å²) in [5.41, 5.74) is 0. The molecule has 0 fully saturated rings. The van der Waals surface area contributed by atoms with E-state index in [2.05, 4.69) is 4.98 Å². The van der Waals surface area contributed by atoms with Crippen LogP contribution < -0.4 is 4.57 Å². The van der Waals surface area contributed by atoms with E-state index in [1.54, 1.807) is 17.0 Å². The molecule has 0 aliphatic rings. The van der Waals surface area contributed by atoms with E-state index in [4.69, 9.17) is 10.5 Å². The lowest BCUT2D eigenvalue weighted by Gasteiger charge is -1.96. The van der Waals surface area contributed by atoms with Crippen LogP contribution in [0.4, 0.5) is 0 Å². The summed E-state index contributed by atoms with van der Waals surface area (Å²) in [6.45, 7) is 1.97. The highest BCUT2D eigenvalue weighted by atomic mass is 15.1. The van der Waals surface area contributed by atoms with Gasteiger partial charge >= 0.3 is 0 Å². The van der Waals surface area contributed by atoms with E-state index in [0.717, 1.165) is 12.2 Å². The highest BCUT2D eigenvalue weighted by Gasteiger charge is 2.17. The number of nitrogens with zero attached hydrogens (tertiary/aromatic N) is 3. The lowest BCUT2D eigenvalue weighted by molar-refractivity contribution is -0.703. The monoisotopic (exact) mass is 161 g/mol. The molecule has 0 bridgehead atoms. The lowest BCUT2D eigenvalue weighted by atomic mass is 10.3. The predicted octanol–water partition coefficient (Wildman–Crippen LogP) is 0.453. The van der Waals surface area contributed by atoms with Crippen LogP contribution in [0.3, 0.4) is 0 Å². The van der Waals surface area contributed by atoms with Crippen molar-refractivity contribution in [2.75, 3.05) is 0 Å². The first-order chi connectivity index (χ1) is 5.83. The number of hydrogen-bond donors (Lipinski definition) is 1. The van der Waals surface area contributed by atoms with E-state index in [1.807, 2.05) is 19.1 Å². The van der Waals surface area contributed by atoms with Crippen molar-refractivity contribution in [2.24, 2.45) is 0 Å². The van der Waals surface area contributed by atoms with Gasteiger partial charge in [0.15, 0.2) is 0 Å². The molecule has 12 heavy (non-hydrogen) atoms. The molecule has 1 N–H and O–H groups in total. The number of imidazole rings is 1. The van der Waals surface area contributed by atoms with Crippen molar-refractivity contribution in [1.82, 2.24) is 4.98 Å². The minimum absolute atomic E-state index is 0.716. The van der Waals surface area contributed by atoms with Gasteiger partial charge in [-0.15, -0.1) is 0 Å². The Labute approximate surface area is 70.7 Å². The van der Waals surface area contributed by atoms with Crippen molar-refractivity contribution < 1.29 is 4.57 Å². The van der Waals surface area contributed by atoms with Gasteiger partial charge < -0.3 is 0 Å². The molecule has 0 radical (unpaired) electrons. The maximum Gasteiger partial charge on any atom is 0.272 e. The van der Waals surface area contributed by atoms with Gasteiger partial charge in [0.25, 0.3) is 11.9 Å². The van der Waals surface area contributed by atoms with E-state index >= 15 is 0 Å². The molecule has 4 heteroatoms. The van der Waals surface area contributed by atoms with E-state index in [-0.39, 0.29) is 0 Å². The number of hydrogen-bond acceptors (Lipinski definition) is 2. The molecule has 0 aliphatic carbocycles. The predicted molar refractivity (Wildman–Crippen MR) is 40.6 cm³/mol. The number of aromatic nitrogens is 2. The van der Waals surface area contributed by atoms with Crippen LogP contribution in [0, 0.1) is 22.7 Å². The Morgan fingerprint density at radius 2 is 2.25 bits per heavy atom.